The Morgan fingerprint density at radius 3 is 1.87 bits per heavy atom. The Balaban J connectivity index is 0.00000117. The number of aromatic nitrogens is 2. The third-order valence-corrected chi connectivity index (χ3v) is 6.90. The first-order valence-corrected chi connectivity index (χ1v) is 14.5. The van der Waals surface area contributed by atoms with Crippen LogP contribution in [0, 0.1) is 0 Å². The molecular weight excluding hydrogens is 656 g/mol. The van der Waals surface area contributed by atoms with Crippen LogP contribution in [0.5, 0.6) is 17.6 Å². The van der Waals surface area contributed by atoms with E-state index in [1.54, 1.807) is 18.2 Å². The molecular formula is C31H38ClF6N5O4. The van der Waals surface area contributed by atoms with Crippen molar-refractivity contribution in [1.29, 1.82) is 0 Å². The smallest absolute Gasteiger partial charge is 0.416 e. The van der Waals surface area contributed by atoms with Crippen LogP contribution < -0.4 is 14.4 Å². The number of halogens is 7. The number of benzene rings is 2. The van der Waals surface area contributed by atoms with Gasteiger partial charge < -0.3 is 29.3 Å². The van der Waals surface area contributed by atoms with Gasteiger partial charge in [-0.1, -0.05) is 23.7 Å². The molecule has 0 atom stereocenters. The Hall–Kier alpha value is -3.66. The van der Waals surface area contributed by atoms with Gasteiger partial charge in [0.1, 0.15) is 18.0 Å². The molecule has 2 aromatic carbocycles. The number of para-hydroxylation sites is 1. The largest absolute Gasteiger partial charge is 0.462 e. The molecule has 0 saturated heterocycles. The van der Waals surface area contributed by atoms with Crippen LogP contribution in [0.4, 0.5) is 32.0 Å². The summed E-state index contributed by atoms with van der Waals surface area (Å²) in [5.41, 5.74) is -5.45. The zero-order chi connectivity index (χ0) is 35.7. The molecule has 47 heavy (non-hydrogen) atoms. The lowest BCUT2D eigenvalue weighted by atomic mass is 9.81. The van der Waals surface area contributed by atoms with E-state index in [-0.39, 0.29) is 47.6 Å². The number of anilines is 1. The van der Waals surface area contributed by atoms with E-state index in [1.807, 2.05) is 38.0 Å². The normalized spacial score (nSPS) is 12.1. The second-order valence-electron chi connectivity index (χ2n) is 11.3. The Kier molecular flexibility index (Phi) is 13.8. The standard InChI is InChI=1S/C27H27ClF6N4O3.C4H11NO/c1-25(2,16-12-17(26(29,30)31)14-18(13-16)27(32,33)34)23(39)38(5)20-15-35-24(40-11-10-37(3)4)36-22(20)41-21-9-7-6-8-19(21)28;1-5(2)3-4-6/h6-9,12-15H,10-11H2,1-5H3;6H,3-4H2,1-2H3. The SMILES string of the molecule is CN(C)CCO.CN(C)CCOc1ncc(N(C)C(=O)C(C)(C)c2cc(C(F)(F)F)cc(C(F)(F)F)c2)c(Oc2ccccc2Cl)n1. The summed E-state index contributed by atoms with van der Waals surface area (Å²) in [6.07, 6.45) is -8.95. The van der Waals surface area contributed by atoms with Crippen LogP contribution in [0.1, 0.15) is 30.5 Å². The summed E-state index contributed by atoms with van der Waals surface area (Å²) < 4.78 is 92.4. The van der Waals surface area contributed by atoms with Crippen molar-refractivity contribution in [2.75, 3.05) is 66.4 Å². The van der Waals surface area contributed by atoms with E-state index in [9.17, 15) is 31.1 Å². The molecule has 0 aliphatic rings. The van der Waals surface area contributed by atoms with Crippen molar-refractivity contribution in [2.45, 2.75) is 31.6 Å². The highest BCUT2D eigenvalue weighted by atomic mass is 35.5. The highest BCUT2D eigenvalue weighted by Crippen LogP contribution is 2.41. The molecule has 0 fully saturated rings. The third-order valence-electron chi connectivity index (χ3n) is 6.58. The van der Waals surface area contributed by atoms with Crippen molar-refractivity contribution in [3.63, 3.8) is 0 Å². The van der Waals surface area contributed by atoms with Gasteiger partial charge in [0.2, 0.25) is 11.8 Å². The summed E-state index contributed by atoms with van der Waals surface area (Å²) in [6, 6.07) is 7.36. The number of hydrogen-bond donors (Lipinski definition) is 1. The lowest BCUT2D eigenvalue weighted by molar-refractivity contribution is -0.143. The number of aliphatic hydroxyl groups excluding tert-OH is 1. The summed E-state index contributed by atoms with van der Waals surface area (Å²) in [4.78, 5) is 26.8. The van der Waals surface area contributed by atoms with E-state index in [1.165, 1.54) is 33.2 Å². The van der Waals surface area contributed by atoms with Gasteiger partial charge in [-0.15, -0.1) is 0 Å². The summed E-state index contributed by atoms with van der Waals surface area (Å²) in [5, 5.41) is 8.41. The third kappa shape index (κ3) is 11.5. The Bertz CT molecular complexity index is 1450. The number of rotatable bonds is 11. The highest BCUT2D eigenvalue weighted by molar-refractivity contribution is 6.32. The number of likely N-dealkylation sites (N-methyl/N-ethyl adjacent to an activating group) is 3. The minimum absolute atomic E-state index is 0.00613. The Labute approximate surface area is 274 Å². The van der Waals surface area contributed by atoms with Gasteiger partial charge in [0.25, 0.3) is 0 Å². The number of aliphatic hydroxyl groups is 1. The van der Waals surface area contributed by atoms with E-state index in [4.69, 9.17) is 26.2 Å². The first-order valence-electron chi connectivity index (χ1n) is 14.1. The van der Waals surface area contributed by atoms with Crippen LogP contribution in [-0.2, 0) is 22.6 Å². The molecule has 0 aliphatic heterocycles. The second kappa shape index (κ2) is 16.4. The molecule has 3 rings (SSSR count). The van der Waals surface area contributed by atoms with Crippen LogP contribution in [0.15, 0.2) is 48.7 Å². The molecule has 1 heterocycles. The summed E-state index contributed by atoms with van der Waals surface area (Å²) in [7, 11) is 8.80. The van der Waals surface area contributed by atoms with Gasteiger partial charge in [-0.2, -0.15) is 31.3 Å². The van der Waals surface area contributed by atoms with Crippen LogP contribution in [0.25, 0.3) is 0 Å². The monoisotopic (exact) mass is 693 g/mol. The molecule has 0 bridgehead atoms. The zero-order valence-corrected chi connectivity index (χ0v) is 27.8. The minimum atomic E-state index is -5.08. The van der Waals surface area contributed by atoms with Crippen molar-refractivity contribution in [3.05, 3.63) is 70.4 Å². The van der Waals surface area contributed by atoms with Crippen LogP contribution in [0.2, 0.25) is 5.02 Å². The number of ether oxygens (including phenoxy) is 2. The summed E-state index contributed by atoms with van der Waals surface area (Å²) in [5.74, 6) is -0.875. The van der Waals surface area contributed by atoms with E-state index < -0.39 is 40.4 Å². The van der Waals surface area contributed by atoms with Gasteiger partial charge in [0.05, 0.1) is 34.4 Å². The minimum Gasteiger partial charge on any atom is -0.462 e. The molecule has 1 aromatic heterocycles. The van der Waals surface area contributed by atoms with Crippen molar-refractivity contribution in [1.82, 2.24) is 19.8 Å². The van der Waals surface area contributed by atoms with Gasteiger partial charge in [0, 0.05) is 20.1 Å². The average molecular weight is 694 g/mol. The quantitative estimate of drug-likeness (QED) is 0.232. The Morgan fingerprint density at radius 2 is 1.40 bits per heavy atom. The molecule has 260 valence electrons. The average Bonchev–Trinajstić information content (AvgIpc) is 2.96. The van der Waals surface area contributed by atoms with E-state index in [0.717, 1.165) is 11.4 Å². The zero-order valence-electron chi connectivity index (χ0n) is 27.0. The van der Waals surface area contributed by atoms with Crippen molar-refractivity contribution in [2.24, 2.45) is 0 Å². The number of nitrogens with zero attached hydrogens (tertiary/aromatic N) is 5. The number of hydrogen-bond acceptors (Lipinski definition) is 8. The fraction of sp³-hybridized carbons (Fsp3) is 0.452. The van der Waals surface area contributed by atoms with E-state index >= 15 is 0 Å². The maximum Gasteiger partial charge on any atom is 0.416 e. The molecule has 0 aliphatic carbocycles. The van der Waals surface area contributed by atoms with Crippen LogP contribution in [0.3, 0.4) is 0 Å². The van der Waals surface area contributed by atoms with Crippen molar-refractivity contribution in [3.8, 4) is 17.6 Å². The molecule has 16 heteroatoms. The molecule has 1 amide bonds. The number of carbonyl (C=O) groups is 1. The topological polar surface area (TPSA) is 91.3 Å². The summed E-state index contributed by atoms with van der Waals surface area (Å²) in [6.45, 7) is 4.21. The van der Waals surface area contributed by atoms with Gasteiger partial charge in [-0.3, -0.25) is 4.79 Å². The predicted octanol–water partition coefficient (Wildman–Crippen LogP) is 6.38. The van der Waals surface area contributed by atoms with Crippen molar-refractivity contribution >= 4 is 23.2 Å². The van der Waals surface area contributed by atoms with E-state index in [0.29, 0.717) is 18.7 Å². The number of alkyl halides is 6. The maximum atomic E-state index is 13.7. The van der Waals surface area contributed by atoms with Gasteiger partial charge in [0.15, 0.2) is 0 Å². The van der Waals surface area contributed by atoms with Gasteiger partial charge >= 0.3 is 18.4 Å². The first-order chi connectivity index (χ1) is 21.7. The Morgan fingerprint density at radius 1 is 0.872 bits per heavy atom. The first kappa shape index (κ1) is 39.5. The molecule has 9 nitrogen and oxygen atoms in total. The van der Waals surface area contributed by atoms with E-state index in [2.05, 4.69) is 9.97 Å². The fourth-order valence-electron chi connectivity index (χ4n) is 3.84. The molecule has 0 unspecified atom stereocenters. The molecule has 3 aromatic rings. The molecule has 0 spiro atoms. The molecule has 1 N–H and O–H groups in total. The molecule has 0 saturated carbocycles. The second-order valence-corrected chi connectivity index (χ2v) is 11.7. The van der Waals surface area contributed by atoms with Crippen molar-refractivity contribution < 1.29 is 45.7 Å². The summed E-state index contributed by atoms with van der Waals surface area (Å²) >= 11 is 6.21. The maximum absolute atomic E-state index is 13.7. The predicted molar refractivity (Wildman–Crippen MR) is 166 cm³/mol. The van der Waals surface area contributed by atoms with Gasteiger partial charge in [-0.05, 0) is 77.9 Å². The van der Waals surface area contributed by atoms with Crippen LogP contribution in [-0.4, -0.2) is 92.3 Å². The lowest BCUT2D eigenvalue weighted by Crippen LogP contribution is -2.42. The molecule has 0 radical (unpaired) electrons. The number of amides is 1. The lowest BCUT2D eigenvalue weighted by Gasteiger charge is -2.31. The van der Waals surface area contributed by atoms with Crippen LogP contribution >= 0.6 is 11.6 Å². The van der Waals surface area contributed by atoms with Gasteiger partial charge in [-0.25, -0.2) is 4.98 Å². The highest BCUT2D eigenvalue weighted by Gasteiger charge is 2.41. The fourth-order valence-corrected chi connectivity index (χ4v) is 4.01. The number of carbonyl (C=O) groups excluding carboxylic acids is 1.